The standard InChI is InChI=1S/C10H17NO/c1-7-6-10(12)8-4-2-3-5-9(8)11-7/h7-9,11H,2-6H2,1H3/t7-,8-,9+/m1/s1. The van der Waals surface area contributed by atoms with E-state index in [0.717, 1.165) is 12.8 Å². The minimum Gasteiger partial charge on any atom is -0.310 e. The molecule has 1 saturated carbocycles. The van der Waals surface area contributed by atoms with Crippen LogP contribution in [0.4, 0.5) is 0 Å². The molecule has 0 aromatic heterocycles. The van der Waals surface area contributed by atoms with E-state index >= 15 is 0 Å². The number of fused-ring (bicyclic) bond motifs is 1. The van der Waals surface area contributed by atoms with Crippen molar-refractivity contribution in [1.82, 2.24) is 5.32 Å². The van der Waals surface area contributed by atoms with Gasteiger partial charge in [-0.1, -0.05) is 12.8 Å². The summed E-state index contributed by atoms with van der Waals surface area (Å²) in [7, 11) is 0. The van der Waals surface area contributed by atoms with Crippen LogP contribution in [-0.4, -0.2) is 17.9 Å². The third-order valence-electron chi connectivity index (χ3n) is 3.19. The fourth-order valence-electron chi connectivity index (χ4n) is 2.59. The lowest BCUT2D eigenvalue weighted by Gasteiger charge is -2.38. The van der Waals surface area contributed by atoms with Gasteiger partial charge in [0.1, 0.15) is 5.78 Å². The third kappa shape index (κ3) is 1.40. The second kappa shape index (κ2) is 3.17. The molecular formula is C10H17NO. The highest BCUT2D eigenvalue weighted by Gasteiger charge is 2.35. The Morgan fingerprint density at radius 2 is 2.08 bits per heavy atom. The van der Waals surface area contributed by atoms with Gasteiger partial charge in [0.05, 0.1) is 0 Å². The van der Waals surface area contributed by atoms with E-state index in [9.17, 15) is 4.79 Å². The van der Waals surface area contributed by atoms with E-state index in [2.05, 4.69) is 12.2 Å². The molecule has 0 amide bonds. The van der Waals surface area contributed by atoms with E-state index < -0.39 is 0 Å². The SMILES string of the molecule is C[C@@H]1CC(=O)[C@@H]2CCCC[C@@H]2N1. The molecular weight excluding hydrogens is 150 g/mol. The molecule has 3 atom stereocenters. The molecule has 0 unspecified atom stereocenters. The molecule has 0 radical (unpaired) electrons. The maximum absolute atomic E-state index is 11.6. The average Bonchev–Trinajstić information content (AvgIpc) is 2.04. The molecule has 2 nitrogen and oxygen atoms in total. The van der Waals surface area contributed by atoms with Crippen molar-refractivity contribution in [3.8, 4) is 0 Å². The number of hydrogen-bond donors (Lipinski definition) is 1. The molecule has 1 aliphatic carbocycles. The number of nitrogens with one attached hydrogen (secondary N) is 1. The maximum Gasteiger partial charge on any atom is 0.139 e. The number of ketones is 1. The smallest absolute Gasteiger partial charge is 0.139 e. The first-order chi connectivity index (χ1) is 5.77. The van der Waals surface area contributed by atoms with Crippen molar-refractivity contribution in [2.45, 2.75) is 51.1 Å². The highest BCUT2D eigenvalue weighted by Crippen LogP contribution is 2.29. The summed E-state index contributed by atoms with van der Waals surface area (Å²) in [6.45, 7) is 2.11. The fraction of sp³-hybridized carbons (Fsp3) is 0.900. The zero-order valence-corrected chi connectivity index (χ0v) is 7.68. The molecule has 2 rings (SSSR count). The van der Waals surface area contributed by atoms with Crippen LogP contribution in [0.3, 0.4) is 0 Å². The summed E-state index contributed by atoms with van der Waals surface area (Å²) in [5.74, 6) is 0.862. The van der Waals surface area contributed by atoms with Crippen LogP contribution >= 0.6 is 0 Å². The first-order valence-corrected chi connectivity index (χ1v) is 5.06. The Morgan fingerprint density at radius 3 is 2.92 bits per heavy atom. The first-order valence-electron chi connectivity index (χ1n) is 5.06. The van der Waals surface area contributed by atoms with Gasteiger partial charge in [0.25, 0.3) is 0 Å². The lowest BCUT2D eigenvalue weighted by Crippen LogP contribution is -2.52. The average molecular weight is 167 g/mol. The van der Waals surface area contributed by atoms with Gasteiger partial charge >= 0.3 is 0 Å². The van der Waals surface area contributed by atoms with E-state index in [1.807, 2.05) is 0 Å². The van der Waals surface area contributed by atoms with Crippen molar-refractivity contribution < 1.29 is 4.79 Å². The van der Waals surface area contributed by atoms with Crippen LogP contribution < -0.4 is 5.32 Å². The van der Waals surface area contributed by atoms with Gasteiger partial charge in [-0.05, 0) is 19.8 Å². The highest BCUT2D eigenvalue weighted by molar-refractivity contribution is 5.83. The van der Waals surface area contributed by atoms with E-state index in [1.165, 1.54) is 19.3 Å². The third-order valence-corrected chi connectivity index (χ3v) is 3.19. The molecule has 2 heteroatoms. The Balaban J connectivity index is 2.06. The molecule has 0 bridgehead atoms. The minimum absolute atomic E-state index is 0.356. The summed E-state index contributed by atoms with van der Waals surface area (Å²) in [6, 6.07) is 0.923. The number of hydrogen-bond acceptors (Lipinski definition) is 2. The normalized spacial score (nSPS) is 42.4. The van der Waals surface area contributed by atoms with Gasteiger partial charge in [-0.15, -0.1) is 0 Å². The highest BCUT2D eigenvalue weighted by atomic mass is 16.1. The van der Waals surface area contributed by atoms with Crippen LogP contribution in [0.15, 0.2) is 0 Å². The van der Waals surface area contributed by atoms with Crippen LogP contribution in [0.1, 0.15) is 39.0 Å². The Hall–Kier alpha value is -0.370. The van der Waals surface area contributed by atoms with Gasteiger partial charge in [0, 0.05) is 24.4 Å². The fourth-order valence-corrected chi connectivity index (χ4v) is 2.59. The number of piperidine rings is 1. The van der Waals surface area contributed by atoms with Crippen LogP contribution in [0, 0.1) is 5.92 Å². The summed E-state index contributed by atoms with van der Waals surface area (Å²) in [5.41, 5.74) is 0. The molecule has 2 fully saturated rings. The number of Topliss-reactive ketones (excluding diaryl/α,β-unsaturated/α-hetero) is 1. The predicted octanol–water partition coefficient (Wildman–Crippen LogP) is 1.50. The van der Waals surface area contributed by atoms with E-state index in [0.29, 0.717) is 23.8 Å². The lowest BCUT2D eigenvalue weighted by molar-refractivity contribution is -0.127. The van der Waals surface area contributed by atoms with Gasteiger partial charge in [0.15, 0.2) is 0 Å². The zero-order valence-electron chi connectivity index (χ0n) is 7.68. The summed E-state index contributed by atoms with van der Waals surface area (Å²) >= 11 is 0. The van der Waals surface area contributed by atoms with E-state index in [1.54, 1.807) is 0 Å². The van der Waals surface area contributed by atoms with Crippen molar-refractivity contribution >= 4 is 5.78 Å². The van der Waals surface area contributed by atoms with Crippen molar-refractivity contribution in [3.05, 3.63) is 0 Å². The summed E-state index contributed by atoms with van der Waals surface area (Å²) < 4.78 is 0. The topological polar surface area (TPSA) is 29.1 Å². The maximum atomic E-state index is 11.6. The van der Waals surface area contributed by atoms with Crippen LogP contribution in [0.2, 0.25) is 0 Å². The molecule has 1 N–H and O–H groups in total. The molecule has 0 aromatic rings. The van der Waals surface area contributed by atoms with E-state index in [4.69, 9.17) is 0 Å². The number of rotatable bonds is 0. The monoisotopic (exact) mass is 167 g/mol. The quantitative estimate of drug-likeness (QED) is 0.592. The predicted molar refractivity (Wildman–Crippen MR) is 48.0 cm³/mol. The molecule has 2 aliphatic rings. The zero-order chi connectivity index (χ0) is 8.55. The lowest BCUT2D eigenvalue weighted by atomic mass is 9.77. The molecule has 1 saturated heterocycles. The van der Waals surface area contributed by atoms with Gasteiger partial charge in [-0.25, -0.2) is 0 Å². The molecule has 12 heavy (non-hydrogen) atoms. The Bertz CT molecular complexity index is 190. The second-order valence-electron chi connectivity index (χ2n) is 4.24. The number of carbonyl (C=O) groups excluding carboxylic acids is 1. The van der Waals surface area contributed by atoms with Gasteiger partial charge in [-0.2, -0.15) is 0 Å². The van der Waals surface area contributed by atoms with Crippen LogP contribution in [-0.2, 0) is 4.79 Å². The second-order valence-corrected chi connectivity index (χ2v) is 4.24. The first kappa shape index (κ1) is 8.24. The molecule has 68 valence electrons. The van der Waals surface area contributed by atoms with Crippen LogP contribution in [0.5, 0.6) is 0 Å². The van der Waals surface area contributed by atoms with Crippen molar-refractivity contribution in [3.63, 3.8) is 0 Å². The van der Waals surface area contributed by atoms with Crippen molar-refractivity contribution in [2.75, 3.05) is 0 Å². The van der Waals surface area contributed by atoms with Crippen LogP contribution in [0.25, 0.3) is 0 Å². The molecule has 1 aliphatic heterocycles. The molecule has 0 spiro atoms. The molecule has 1 heterocycles. The van der Waals surface area contributed by atoms with Crippen molar-refractivity contribution in [2.24, 2.45) is 5.92 Å². The van der Waals surface area contributed by atoms with Gasteiger partial charge in [0.2, 0.25) is 0 Å². The summed E-state index contributed by atoms with van der Waals surface area (Å²) in [6.07, 6.45) is 5.64. The van der Waals surface area contributed by atoms with Gasteiger partial charge < -0.3 is 5.32 Å². The number of carbonyl (C=O) groups is 1. The largest absolute Gasteiger partial charge is 0.310 e. The van der Waals surface area contributed by atoms with Gasteiger partial charge in [-0.3, -0.25) is 4.79 Å². The van der Waals surface area contributed by atoms with E-state index in [-0.39, 0.29) is 0 Å². The molecule has 0 aromatic carbocycles. The minimum atomic E-state index is 0.356. The Labute approximate surface area is 73.7 Å². The Kier molecular flexibility index (Phi) is 2.18. The summed E-state index contributed by atoms with van der Waals surface area (Å²) in [5, 5.41) is 3.53. The van der Waals surface area contributed by atoms with Crippen molar-refractivity contribution in [1.29, 1.82) is 0 Å². The Morgan fingerprint density at radius 1 is 1.33 bits per heavy atom. The summed E-state index contributed by atoms with van der Waals surface area (Å²) in [4.78, 5) is 11.6.